The number of nitrogens with zero attached hydrogens (tertiary/aromatic N) is 3. The van der Waals surface area contributed by atoms with Gasteiger partial charge in [0.15, 0.2) is 23.3 Å². The third-order valence-electron chi connectivity index (χ3n) is 5.35. The van der Waals surface area contributed by atoms with Gasteiger partial charge >= 0.3 is 0 Å². The van der Waals surface area contributed by atoms with Crippen LogP contribution in [0.2, 0.25) is 0 Å². The normalized spacial score (nSPS) is 12.1. The van der Waals surface area contributed by atoms with E-state index >= 15 is 0 Å². The van der Waals surface area contributed by atoms with Crippen LogP contribution < -0.4 is 0 Å². The van der Waals surface area contributed by atoms with Crippen molar-refractivity contribution in [3.05, 3.63) is 78.1 Å². The van der Waals surface area contributed by atoms with E-state index in [1.165, 1.54) is 0 Å². The monoisotopic (exact) mass is 391 g/mol. The molecule has 0 bridgehead atoms. The summed E-state index contributed by atoms with van der Waals surface area (Å²) in [6, 6.07) is 15.2. The second kappa shape index (κ2) is 5.41. The molecule has 0 unspecified atom stereocenters. The maximum Gasteiger partial charge on any atom is 0.199 e. The molecule has 7 heteroatoms. The van der Waals surface area contributed by atoms with Gasteiger partial charge in [-0.1, -0.05) is 36.4 Å². The highest BCUT2D eigenvalue weighted by atomic mass is 19.2. The van der Waals surface area contributed by atoms with Crippen molar-refractivity contribution in [3.63, 3.8) is 0 Å². The largest absolute Gasteiger partial charge is 0.306 e. The first-order chi connectivity index (χ1) is 14.1. The molecule has 3 aromatic carbocycles. The standard InChI is InChI=1S/C22H9F4N3/c23-16-15-20(27-9-28-21(15)19(26)18(25)17(16)24)14-8-10-4-3-6-12-11-5-1-2-7-13(11)29(14)22(10)12/h1-9H. The highest BCUT2D eigenvalue weighted by molar-refractivity contribution is 6.16. The number of rotatable bonds is 1. The molecule has 3 heterocycles. The van der Waals surface area contributed by atoms with Crippen LogP contribution in [0.5, 0.6) is 0 Å². The van der Waals surface area contributed by atoms with Gasteiger partial charge in [-0.15, -0.1) is 0 Å². The van der Waals surface area contributed by atoms with Crippen LogP contribution in [0, 0.1) is 23.3 Å². The van der Waals surface area contributed by atoms with E-state index in [1.807, 2.05) is 46.9 Å². The van der Waals surface area contributed by atoms with Crippen molar-refractivity contribution in [2.75, 3.05) is 0 Å². The zero-order valence-electron chi connectivity index (χ0n) is 14.5. The molecule has 0 aliphatic carbocycles. The molecule has 0 aliphatic rings. The number of para-hydroxylation sites is 2. The van der Waals surface area contributed by atoms with E-state index in [1.54, 1.807) is 6.07 Å². The first-order valence-corrected chi connectivity index (χ1v) is 8.79. The molecule has 0 radical (unpaired) electrons. The van der Waals surface area contributed by atoms with E-state index in [9.17, 15) is 17.6 Å². The molecule has 3 aromatic heterocycles. The number of halogens is 4. The highest BCUT2D eigenvalue weighted by Gasteiger charge is 2.26. The maximum atomic E-state index is 14.7. The fraction of sp³-hybridized carbons (Fsp3) is 0. The van der Waals surface area contributed by atoms with Crippen molar-refractivity contribution in [2.45, 2.75) is 0 Å². The second-order valence-electron chi connectivity index (χ2n) is 6.83. The molecule has 29 heavy (non-hydrogen) atoms. The van der Waals surface area contributed by atoms with Gasteiger partial charge in [-0.2, -0.15) is 0 Å². The molecule has 0 spiro atoms. The average molecular weight is 391 g/mol. The summed E-state index contributed by atoms with van der Waals surface area (Å²) in [6.07, 6.45) is 1.02. The third kappa shape index (κ3) is 1.91. The summed E-state index contributed by atoms with van der Waals surface area (Å²) in [5.41, 5.74) is 1.56. The Morgan fingerprint density at radius 1 is 0.724 bits per heavy atom. The Morgan fingerprint density at radius 2 is 1.48 bits per heavy atom. The minimum Gasteiger partial charge on any atom is -0.306 e. The van der Waals surface area contributed by atoms with Gasteiger partial charge in [0.05, 0.1) is 22.1 Å². The Balaban J connectivity index is 1.86. The molecular weight excluding hydrogens is 382 g/mol. The fourth-order valence-electron chi connectivity index (χ4n) is 4.16. The summed E-state index contributed by atoms with van der Waals surface area (Å²) in [5.74, 6) is -6.83. The van der Waals surface area contributed by atoms with Crippen LogP contribution in [-0.2, 0) is 0 Å². The van der Waals surface area contributed by atoms with Crippen LogP contribution in [-0.4, -0.2) is 14.4 Å². The molecule has 3 nitrogen and oxygen atoms in total. The quantitative estimate of drug-likeness (QED) is 0.200. The van der Waals surface area contributed by atoms with Crippen molar-refractivity contribution in [1.82, 2.24) is 14.4 Å². The summed E-state index contributed by atoms with van der Waals surface area (Å²) in [4.78, 5) is 7.78. The Kier molecular flexibility index (Phi) is 3.03. The smallest absolute Gasteiger partial charge is 0.199 e. The van der Waals surface area contributed by atoms with Gasteiger partial charge in [0.25, 0.3) is 0 Å². The number of hydrogen-bond acceptors (Lipinski definition) is 2. The lowest BCUT2D eigenvalue weighted by Gasteiger charge is -2.09. The van der Waals surface area contributed by atoms with Gasteiger partial charge in [-0.3, -0.25) is 0 Å². The summed E-state index contributed by atoms with van der Waals surface area (Å²) in [7, 11) is 0. The molecular formula is C22H9F4N3. The molecule has 0 saturated heterocycles. The number of aromatic nitrogens is 3. The first-order valence-electron chi connectivity index (χ1n) is 8.79. The zero-order chi connectivity index (χ0) is 19.9. The molecule has 6 rings (SSSR count). The van der Waals surface area contributed by atoms with E-state index in [0.29, 0.717) is 5.69 Å². The van der Waals surface area contributed by atoms with Gasteiger partial charge in [-0.05, 0) is 12.1 Å². The van der Waals surface area contributed by atoms with Crippen LogP contribution in [0.15, 0.2) is 54.9 Å². The predicted octanol–water partition coefficient (Wildman–Crippen LogP) is 5.85. The topological polar surface area (TPSA) is 30.2 Å². The van der Waals surface area contributed by atoms with Gasteiger partial charge in [0.1, 0.15) is 17.5 Å². The predicted molar refractivity (Wildman–Crippen MR) is 102 cm³/mol. The Labute approximate surface area is 160 Å². The number of hydrogen-bond donors (Lipinski definition) is 0. The van der Waals surface area contributed by atoms with E-state index in [0.717, 1.165) is 33.5 Å². The summed E-state index contributed by atoms with van der Waals surface area (Å²) >= 11 is 0. The summed E-state index contributed by atoms with van der Waals surface area (Å²) in [6.45, 7) is 0. The Bertz CT molecular complexity index is 1600. The zero-order valence-corrected chi connectivity index (χ0v) is 14.5. The van der Waals surface area contributed by atoms with E-state index in [-0.39, 0.29) is 5.69 Å². The van der Waals surface area contributed by atoms with E-state index in [4.69, 9.17) is 0 Å². The number of benzene rings is 3. The molecule has 0 fully saturated rings. The SMILES string of the molecule is Fc1c(F)c(F)c2c(-c3cc4cccc5c6ccccc6n3c45)ncnc2c1F. The van der Waals surface area contributed by atoms with Gasteiger partial charge < -0.3 is 4.40 Å². The molecule has 0 atom stereocenters. The molecule has 0 amide bonds. The van der Waals surface area contributed by atoms with E-state index < -0.39 is 34.2 Å². The van der Waals surface area contributed by atoms with Crippen molar-refractivity contribution in [1.29, 1.82) is 0 Å². The van der Waals surface area contributed by atoms with Crippen molar-refractivity contribution in [2.24, 2.45) is 0 Å². The third-order valence-corrected chi connectivity index (χ3v) is 5.35. The summed E-state index contributed by atoms with van der Waals surface area (Å²) in [5, 5.41) is 2.35. The minimum absolute atomic E-state index is 0.0100. The fourth-order valence-corrected chi connectivity index (χ4v) is 4.16. The minimum atomic E-state index is -1.89. The van der Waals surface area contributed by atoms with Crippen LogP contribution >= 0.6 is 0 Å². The van der Waals surface area contributed by atoms with Gasteiger partial charge in [0, 0.05) is 16.2 Å². The van der Waals surface area contributed by atoms with Crippen molar-refractivity contribution in [3.8, 4) is 11.4 Å². The Hall–Kier alpha value is -3.74. The molecule has 0 N–H and O–H groups in total. The molecule has 6 aromatic rings. The second-order valence-corrected chi connectivity index (χ2v) is 6.83. The molecule has 140 valence electrons. The van der Waals surface area contributed by atoms with Crippen molar-refractivity contribution < 1.29 is 17.6 Å². The lowest BCUT2D eigenvalue weighted by atomic mass is 10.1. The van der Waals surface area contributed by atoms with Crippen LogP contribution in [0.25, 0.3) is 49.5 Å². The first kappa shape index (κ1) is 16.2. The Morgan fingerprint density at radius 3 is 2.34 bits per heavy atom. The highest BCUT2D eigenvalue weighted by Crippen LogP contribution is 2.40. The van der Waals surface area contributed by atoms with E-state index in [2.05, 4.69) is 9.97 Å². The van der Waals surface area contributed by atoms with Gasteiger partial charge in [-0.25, -0.2) is 27.5 Å². The van der Waals surface area contributed by atoms with Crippen molar-refractivity contribution >= 4 is 38.1 Å². The lowest BCUT2D eigenvalue weighted by molar-refractivity contribution is 0.417. The van der Waals surface area contributed by atoms with Crippen LogP contribution in [0.4, 0.5) is 17.6 Å². The lowest BCUT2D eigenvalue weighted by Crippen LogP contribution is -2.03. The van der Waals surface area contributed by atoms with Gasteiger partial charge in [0.2, 0.25) is 0 Å². The number of fused-ring (bicyclic) bond motifs is 4. The van der Waals surface area contributed by atoms with Crippen LogP contribution in [0.1, 0.15) is 0 Å². The molecule has 0 aliphatic heterocycles. The van der Waals surface area contributed by atoms with Crippen LogP contribution in [0.3, 0.4) is 0 Å². The average Bonchev–Trinajstić information content (AvgIpc) is 3.30. The molecule has 0 saturated carbocycles. The maximum absolute atomic E-state index is 14.7. The summed E-state index contributed by atoms with van der Waals surface area (Å²) < 4.78 is 58.6.